The third-order valence-corrected chi connectivity index (χ3v) is 9.14. The van der Waals surface area contributed by atoms with Crippen molar-refractivity contribution in [1.82, 2.24) is 5.32 Å². The minimum atomic E-state index is -0.391. The van der Waals surface area contributed by atoms with Crippen LogP contribution in [0.25, 0.3) is 0 Å². The molecule has 8 heteroatoms. The Bertz CT molecular complexity index is 2080. The molecule has 0 radical (unpaired) electrons. The maximum atomic E-state index is 12.5. The van der Waals surface area contributed by atoms with E-state index in [1.54, 1.807) is 57.4 Å². The summed E-state index contributed by atoms with van der Waals surface area (Å²) in [6.07, 6.45) is 2.26. The fourth-order valence-corrected chi connectivity index (χ4v) is 5.89. The van der Waals surface area contributed by atoms with E-state index in [2.05, 4.69) is 52.1 Å². The first-order chi connectivity index (χ1) is 26.3. The largest absolute Gasteiger partial charge is 0.497 e. The number of hydrogen-bond acceptors (Lipinski definition) is 6. The van der Waals surface area contributed by atoms with Crippen LogP contribution in [0.2, 0.25) is 0 Å². The van der Waals surface area contributed by atoms with Gasteiger partial charge in [0.05, 0.1) is 23.9 Å². The summed E-state index contributed by atoms with van der Waals surface area (Å²) >= 11 is 0. The lowest BCUT2D eigenvalue weighted by atomic mass is 9.78. The average molecular weight is 759 g/mol. The summed E-state index contributed by atoms with van der Waals surface area (Å²) in [6, 6.07) is 30.4. The molecule has 0 bridgehead atoms. The molecule has 0 saturated heterocycles. The maximum absolute atomic E-state index is 12.5. The van der Waals surface area contributed by atoms with Crippen LogP contribution >= 0.6 is 0 Å². The van der Waals surface area contributed by atoms with E-state index in [1.807, 2.05) is 89.2 Å². The van der Waals surface area contributed by atoms with Crippen LogP contribution in [0.4, 0.5) is 5.69 Å². The molecule has 4 aromatic rings. The van der Waals surface area contributed by atoms with Gasteiger partial charge in [-0.25, -0.2) is 4.90 Å². The number of imide groups is 1. The maximum Gasteiger partial charge on any atom is 0.266 e. The van der Waals surface area contributed by atoms with E-state index in [0.29, 0.717) is 40.2 Å². The number of nitrogens with zero attached hydrogens (tertiary/aromatic N) is 1. The molecule has 0 aliphatic carbocycles. The third-order valence-electron chi connectivity index (χ3n) is 9.14. The number of rotatable bonds is 9. The molecular weight excluding hydrogens is 701 g/mol. The molecule has 0 atom stereocenters. The zero-order chi connectivity index (χ0) is 42.0. The van der Waals surface area contributed by atoms with Gasteiger partial charge in [-0.1, -0.05) is 97.0 Å². The van der Waals surface area contributed by atoms with Crippen molar-refractivity contribution in [3.63, 3.8) is 0 Å². The zero-order valence-corrected chi connectivity index (χ0v) is 35.3. The Kier molecular flexibility index (Phi) is 14.9. The van der Waals surface area contributed by atoms with Crippen LogP contribution in [0.3, 0.4) is 0 Å². The van der Waals surface area contributed by atoms with Crippen molar-refractivity contribution >= 4 is 29.7 Å². The van der Waals surface area contributed by atoms with Crippen molar-refractivity contribution in [2.75, 3.05) is 12.0 Å². The highest BCUT2D eigenvalue weighted by atomic mass is 16.5. The van der Waals surface area contributed by atoms with Crippen LogP contribution in [0.1, 0.15) is 120 Å². The highest BCUT2D eigenvalue weighted by Gasteiger charge is 2.36. The Hall–Kier alpha value is -5.76. The van der Waals surface area contributed by atoms with Gasteiger partial charge in [-0.3, -0.25) is 19.2 Å². The third kappa shape index (κ3) is 11.2. The predicted octanol–water partition coefficient (Wildman–Crippen LogP) is 10.5. The van der Waals surface area contributed by atoms with Crippen LogP contribution in [0.15, 0.2) is 120 Å². The van der Waals surface area contributed by atoms with Gasteiger partial charge in [0.1, 0.15) is 17.3 Å². The molecular formula is C48H58N2O6. The summed E-state index contributed by atoms with van der Waals surface area (Å²) in [4.78, 5) is 50.3. The summed E-state index contributed by atoms with van der Waals surface area (Å²) < 4.78 is 11.4. The minimum absolute atomic E-state index is 0.0331. The first kappa shape index (κ1) is 44.6. The van der Waals surface area contributed by atoms with Gasteiger partial charge in [0, 0.05) is 22.1 Å². The Labute approximate surface area is 333 Å². The van der Waals surface area contributed by atoms with E-state index in [0.717, 1.165) is 22.4 Å². The van der Waals surface area contributed by atoms with Gasteiger partial charge in [0.15, 0.2) is 6.29 Å². The Balaban J connectivity index is 0.000000312. The molecule has 1 heterocycles. The summed E-state index contributed by atoms with van der Waals surface area (Å²) in [6.45, 7) is 23.7. The topological polar surface area (TPSA) is 102 Å². The summed E-state index contributed by atoms with van der Waals surface area (Å²) in [5.41, 5.74) is 4.80. The Morgan fingerprint density at radius 3 is 1.68 bits per heavy atom. The molecule has 0 fully saturated rings. The molecule has 1 aliphatic heterocycles. The molecule has 3 amide bonds. The molecule has 1 aliphatic rings. The van der Waals surface area contributed by atoms with Gasteiger partial charge < -0.3 is 14.8 Å². The number of hydrogen-bond donors (Lipinski definition) is 1. The standard InChI is InChI=1S/C28H35NO4.C18H17NO2.C2H6/c1-19(15-21(18-30)20(2)26(31)29-27(3,4)5)33-25-14-10-12-23(17-25)28(6,7)22-11-9-13-24(16-22)32-8;1-18(2,3)12-7-6-8-13(11-12)19-16(20)14-9-4-5-10-15(14)17(19)21;1-2/h9-18H,1-8H3,(H,29,31);4-11H,1-3H3;1-2H3/b19-15+,21-20-;;. The number of benzene rings is 4. The quantitative estimate of drug-likeness (QED) is 0.0599. The minimum Gasteiger partial charge on any atom is -0.497 e. The fraction of sp³-hybridized carbons (Fsp3) is 0.333. The van der Waals surface area contributed by atoms with Crippen molar-refractivity contribution in [2.45, 2.75) is 99.5 Å². The van der Waals surface area contributed by atoms with Crippen LogP contribution in [0.5, 0.6) is 11.5 Å². The number of carbonyl (C=O) groups is 4. The first-order valence-electron chi connectivity index (χ1n) is 18.9. The van der Waals surface area contributed by atoms with Crippen molar-refractivity contribution in [1.29, 1.82) is 0 Å². The summed E-state index contributed by atoms with van der Waals surface area (Å²) in [5.74, 6) is 1.19. The predicted molar refractivity (Wildman–Crippen MR) is 227 cm³/mol. The van der Waals surface area contributed by atoms with Crippen molar-refractivity contribution < 1.29 is 28.7 Å². The van der Waals surface area contributed by atoms with E-state index >= 15 is 0 Å². The van der Waals surface area contributed by atoms with Gasteiger partial charge >= 0.3 is 0 Å². The molecule has 296 valence electrons. The average Bonchev–Trinajstić information content (AvgIpc) is 3.42. The smallest absolute Gasteiger partial charge is 0.266 e. The second-order valence-electron chi connectivity index (χ2n) is 15.9. The number of nitrogens with one attached hydrogen (secondary N) is 1. The number of aldehydes is 1. The van der Waals surface area contributed by atoms with Crippen molar-refractivity contribution in [2.24, 2.45) is 0 Å². The Morgan fingerprint density at radius 2 is 1.18 bits per heavy atom. The van der Waals surface area contributed by atoms with Crippen molar-refractivity contribution in [3.05, 3.63) is 148 Å². The summed E-state index contributed by atoms with van der Waals surface area (Å²) in [5, 5.41) is 2.87. The number of fused-ring (bicyclic) bond motifs is 1. The molecule has 1 N–H and O–H groups in total. The molecule has 4 aromatic carbocycles. The SMILES string of the molecule is CC.CC(C)(C)c1cccc(N2C(=O)c3ccccc3C2=O)c1.COc1cccc(C(C)(C)c2cccc(O/C(C)=C/C(C=O)=C(\C)C(=O)NC(C)(C)C)c2)c1. The van der Waals surface area contributed by atoms with Crippen LogP contribution in [-0.2, 0) is 20.4 Å². The molecule has 8 nitrogen and oxygen atoms in total. The number of methoxy groups -OCH3 is 1. The van der Waals surface area contributed by atoms with Gasteiger partial charge in [0.2, 0.25) is 5.91 Å². The van der Waals surface area contributed by atoms with Gasteiger partial charge in [0.25, 0.3) is 11.8 Å². The van der Waals surface area contributed by atoms with E-state index in [4.69, 9.17) is 9.47 Å². The fourth-order valence-electron chi connectivity index (χ4n) is 5.89. The lowest BCUT2D eigenvalue weighted by Crippen LogP contribution is -2.41. The monoisotopic (exact) mass is 758 g/mol. The number of allylic oxidation sites excluding steroid dienone is 3. The number of amides is 3. The molecule has 0 unspecified atom stereocenters. The summed E-state index contributed by atoms with van der Waals surface area (Å²) in [7, 11) is 1.66. The molecule has 0 aromatic heterocycles. The molecule has 5 rings (SSSR count). The number of anilines is 1. The van der Waals surface area contributed by atoms with Crippen LogP contribution in [-0.4, -0.2) is 36.7 Å². The second kappa shape index (κ2) is 18.7. The molecule has 0 saturated carbocycles. The lowest BCUT2D eigenvalue weighted by Gasteiger charge is -2.27. The second-order valence-corrected chi connectivity index (χ2v) is 15.9. The van der Waals surface area contributed by atoms with E-state index in [-0.39, 0.29) is 34.1 Å². The van der Waals surface area contributed by atoms with E-state index in [1.165, 1.54) is 4.90 Å². The first-order valence-corrected chi connectivity index (χ1v) is 18.9. The zero-order valence-electron chi connectivity index (χ0n) is 35.3. The number of ether oxygens (including phenoxy) is 2. The van der Waals surface area contributed by atoms with Gasteiger partial charge in [-0.2, -0.15) is 0 Å². The molecule has 0 spiro atoms. The van der Waals surface area contributed by atoms with Gasteiger partial charge in [-0.05, 0) is 111 Å². The highest BCUT2D eigenvalue weighted by molar-refractivity contribution is 6.34. The Morgan fingerprint density at radius 1 is 0.679 bits per heavy atom. The number of carbonyl (C=O) groups excluding carboxylic acids is 4. The highest BCUT2D eigenvalue weighted by Crippen LogP contribution is 2.35. The van der Waals surface area contributed by atoms with Crippen LogP contribution in [0, 0.1) is 0 Å². The van der Waals surface area contributed by atoms with E-state index in [9.17, 15) is 19.2 Å². The molecule has 56 heavy (non-hydrogen) atoms. The normalized spacial score (nSPS) is 13.3. The van der Waals surface area contributed by atoms with E-state index < -0.39 is 5.54 Å². The van der Waals surface area contributed by atoms with Crippen LogP contribution < -0.4 is 19.7 Å². The lowest BCUT2D eigenvalue weighted by molar-refractivity contribution is -0.119. The van der Waals surface area contributed by atoms with Gasteiger partial charge in [-0.15, -0.1) is 0 Å². The van der Waals surface area contributed by atoms with Crippen molar-refractivity contribution in [3.8, 4) is 11.5 Å².